The van der Waals surface area contributed by atoms with Gasteiger partial charge in [-0.2, -0.15) is 0 Å². The van der Waals surface area contributed by atoms with E-state index in [-0.39, 0.29) is 29.2 Å². The Labute approximate surface area is 158 Å². The van der Waals surface area contributed by atoms with E-state index in [9.17, 15) is 4.79 Å². The van der Waals surface area contributed by atoms with Crippen molar-refractivity contribution in [2.45, 2.75) is 49.5 Å². The van der Waals surface area contributed by atoms with Crippen LogP contribution in [0.4, 0.5) is 5.69 Å². The van der Waals surface area contributed by atoms with Crippen LogP contribution in [0.5, 0.6) is 0 Å². The highest BCUT2D eigenvalue weighted by Gasteiger charge is 2.80. The molecule has 6 heterocycles. The van der Waals surface area contributed by atoms with E-state index in [4.69, 9.17) is 9.47 Å². The van der Waals surface area contributed by atoms with Crippen molar-refractivity contribution in [1.82, 2.24) is 4.90 Å². The third kappa shape index (κ3) is 1.37. The number of para-hydroxylation sites is 1. The third-order valence-corrected chi connectivity index (χ3v) is 8.37. The molecule has 4 fully saturated rings. The molecule has 5 heteroatoms. The fourth-order valence-corrected chi connectivity index (χ4v) is 7.86. The molecule has 1 aromatic rings. The van der Waals surface area contributed by atoms with Crippen LogP contribution in [0.1, 0.15) is 31.7 Å². The molecule has 27 heavy (non-hydrogen) atoms. The summed E-state index contributed by atoms with van der Waals surface area (Å²) in [6, 6.07) is 8.75. The largest absolute Gasteiger partial charge is 0.373 e. The zero-order chi connectivity index (χ0) is 18.0. The van der Waals surface area contributed by atoms with Gasteiger partial charge >= 0.3 is 0 Å². The predicted octanol–water partition coefficient (Wildman–Crippen LogP) is 2.41. The van der Waals surface area contributed by atoms with Crippen LogP contribution < -0.4 is 4.90 Å². The van der Waals surface area contributed by atoms with E-state index in [0.29, 0.717) is 31.5 Å². The van der Waals surface area contributed by atoms with Crippen molar-refractivity contribution in [3.05, 3.63) is 41.6 Å². The summed E-state index contributed by atoms with van der Waals surface area (Å²) in [7, 11) is 0. The van der Waals surface area contributed by atoms with Gasteiger partial charge in [-0.15, -0.1) is 0 Å². The van der Waals surface area contributed by atoms with E-state index < -0.39 is 0 Å². The lowest BCUT2D eigenvalue weighted by Gasteiger charge is -2.56. The van der Waals surface area contributed by atoms with Gasteiger partial charge in [-0.05, 0) is 31.1 Å². The van der Waals surface area contributed by atoms with Crippen molar-refractivity contribution in [1.29, 1.82) is 0 Å². The van der Waals surface area contributed by atoms with E-state index in [0.717, 1.165) is 25.1 Å². The third-order valence-electron chi connectivity index (χ3n) is 8.37. The molecule has 0 unspecified atom stereocenters. The average Bonchev–Trinajstić information content (AvgIpc) is 3.20. The number of benzene rings is 1. The second kappa shape index (κ2) is 4.58. The highest BCUT2D eigenvalue weighted by Crippen LogP contribution is 2.72. The standard InChI is InChI=1S/C22H24N2O3/c1-2-27-22-12-13-15-7-10-26-17-11-18(25)24-16-6-4-3-5-14(16)21(22,8-9-23(15)22)20(24)19(13)17/h3-7,13,17,19-20H,2,8-12H2,1H3/t13-,17-,19-,20-,21-,22+/m0/s1. The molecule has 0 saturated carbocycles. The second-order valence-corrected chi connectivity index (χ2v) is 8.91. The zero-order valence-corrected chi connectivity index (χ0v) is 15.6. The number of anilines is 1. The Hall–Kier alpha value is -1.85. The number of hydrogen-bond donors (Lipinski definition) is 0. The molecule has 1 aromatic carbocycles. The van der Waals surface area contributed by atoms with Crippen LogP contribution in [0.15, 0.2) is 36.0 Å². The summed E-state index contributed by atoms with van der Waals surface area (Å²) < 4.78 is 13.0. The lowest BCUT2D eigenvalue weighted by atomic mass is 9.55. The van der Waals surface area contributed by atoms with Gasteiger partial charge < -0.3 is 19.3 Å². The molecule has 6 aliphatic rings. The molecule has 5 nitrogen and oxygen atoms in total. The number of allylic oxidation sites excluding steroid dienone is 1. The van der Waals surface area contributed by atoms with E-state index in [1.807, 2.05) is 0 Å². The number of nitrogens with zero attached hydrogens (tertiary/aromatic N) is 2. The Bertz CT molecular complexity index is 913. The molecule has 4 saturated heterocycles. The molecule has 6 aliphatic heterocycles. The monoisotopic (exact) mass is 364 g/mol. The van der Waals surface area contributed by atoms with Gasteiger partial charge in [-0.25, -0.2) is 0 Å². The topological polar surface area (TPSA) is 42.0 Å². The average molecular weight is 364 g/mol. The van der Waals surface area contributed by atoms with Gasteiger partial charge in [-0.1, -0.05) is 18.2 Å². The molecule has 0 aliphatic carbocycles. The van der Waals surface area contributed by atoms with Crippen molar-refractivity contribution in [2.75, 3.05) is 24.7 Å². The first-order valence-electron chi connectivity index (χ1n) is 10.4. The van der Waals surface area contributed by atoms with Crippen molar-refractivity contribution >= 4 is 11.6 Å². The predicted molar refractivity (Wildman–Crippen MR) is 99.1 cm³/mol. The first kappa shape index (κ1) is 15.1. The van der Waals surface area contributed by atoms with Crippen LogP contribution in [0.25, 0.3) is 0 Å². The molecule has 0 aromatic heterocycles. The lowest BCUT2D eigenvalue weighted by molar-refractivity contribution is -0.178. The lowest BCUT2D eigenvalue weighted by Crippen LogP contribution is -2.70. The van der Waals surface area contributed by atoms with Gasteiger partial charge in [0.2, 0.25) is 5.91 Å². The van der Waals surface area contributed by atoms with Gasteiger partial charge in [0.1, 0.15) is 0 Å². The normalized spacial score (nSPS) is 45.1. The summed E-state index contributed by atoms with van der Waals surface area (Å²) in [6.07, 6.45) is 4.90. The summed E-state index contributed by atoms with van der Waals surface area (Å²) in [4.78, 5) is 18.0. The van der Waals surface area contributed by atoms with Crippen LogP contribution in [0.2, 0.25) is 0 Å². The Morgan fingerprint density at radius 2 is 2.22 bits per heavy atom. The fourth-order valence-electron chi connectivity index (χ4n) is 7.86. The number of rotatable bonds is 2. The maximum absolute atomic E-state index is 13.3. The number of piperidine rings is 1. The molecule has 1 spiro atoms. The van der Waals surface area contributed by atoms with E-state index in [1.54, 1.807) is 0 Å². The number of carbonyl (C=O) groups is 1. The van der Waals surface area contributed by atoms with Crippen LogP contribution >= 0.6 is 0 Å². The minimum atomic E-state index is -0.316. The van der Waals surface area contributed by atoms with Gasteiger partial charge in [0.25, 0.3) is 0 Å². The van der Waals surface area contributed by atoms with E-state index in [1.165, 1.54) is 11.3 Å². The zero-order valence-electron chi connectivity index (χ0n) is 15.6. The quantitative estimate of drug-likeness (QED) is 0.808. The highest BCUT2D eigenvalue weighted by molar-refractivity contribution is 5.99. The summed E-state index contributed by atoms with van der Waals surface area (Å²) in [6.45, 7) is 4.43. The molecule has 0 N–H and O–H groups in total. The van der Waals surface area contributed by atoms with Gasteiger partial charge in [0.15, 0.2) is 5.72 Å². The minimum absolute atomic E-state index is 0.0314. The Morgan fingerprint density at radius 1 is 1.33 bits per heavy atom. The van der Waals surface area contributed by atoms with Crippen molar-refractivity contribution in [3.63, 3.8) is 0 Å². The van der Waals surface area contributed by atoms with Crippen LogP contribution in [-0.2, 0) is 19.7 Å². The molecule has 140 valence electrons. The summed E-state index contributed by atoms with van der Waals surface area (Å²) >= 11 is 0. The SMILES string of the molecule is CCO[C@]12C[C@H]3C4=CCO[C@H]5CC(=O)N6c7ccccc7[C@@]1(CCN42)[C@@H]6[C@H]53. The number of amides is 1. The van der Waals surface area contributed by atoms with Gasteiger partial charge in [-0.3, -0.25) is 4.79 Å². The highest BCUT2D eigenvalue weighted by atomic mass is 16.5. The number of fused-ring (bicyclic) bond motifs is 2. The molecule has 0 radical (unpaired) electrons. The number of hydrogen-bond acceptors (Lipinski definition) is 4. The number of carbonyl (C=O) groups excluding carboxylic acids is 1. The summed E-state index contributed by atoms with van der Waals surface area (Å²) in [5.74, 6) is 1.02. The fraction of sp³-hybridized carbons (Fsp3) is 0.591. The Balaban J connectivity index is 1.59. The molecule has 7 rings (SSSR count). The summed E-state index contributed by atoms with van der Waals surface area (Å²) in [5.41, 5.74) is 3.41. The molecular weight excluding hydrogens is 340 g/mol. The van der Waals surface area contributed by atoms with Crippen LogP contribution in [0, 0.1) is 11.8 Å². The molecule has 6 atom stereocenters. The van der Waals surface area contributed by atoms with E-state index in [2.05, 4.69) is 47.1 Å². The molecule has 6 bridgehead atoms. The first-order chi connectivity index (χ1) is 13.2. The van der Waals surface area contributed by atoms with Crippen molar-refractivity contribution in [3.8, 4) is 0 Å². The van der Waals surface area contributed by atoms with Gasteiger partial charge in [0, 0.05) is 42.8 Å². The first-order valence-corrected chi connectivity index (χ1v) is 10.4. The van der Waals surface area contributed by atoms with Crippen LogP contribution in [-0.4, -0.2) is 48.4 Å². The van der Waals surface area contributed by atoms with Crippen molar-refractivity contribution < 1.29 is 14.3 Å². The van der Waals surface area contributed by atoms with Gasteiger partial charge in [0.05, 0.1) is 30.6 Å². The number of ether oxygens (including phenoxy) is 2. The molecular formula is C22H24N2O3. The maximum Gasteiger partial charge on any atom is 0.229 e. The maximum atomic E-state index is 13.3. The van der Waals surface area contributed by atoms with Crippen molar-refractivity contribution in [2.24, 2.45) is 11.8 Å². The van der Waals surface area contributed by atoms with Crippen LogP contribution in [0.3, 0.4) is 0 Å². The second-order valence-electron chi connectivity index (χ2n) is 8.91. The Kier molecular flexibility index (Phi) is 2.57. The summed E-state index contributed by atoms with van der Waals surface area (Å²) in [5, 5.41) is 0. The smallest absolute Gasteiger partial charge is 0.229 e. The minimum Gasteiger partial charge on any atom is -0.373 e. The molecule has 1 amide bonds. The van der Waals surface area contributed by atoms with E-state index >= 15 is 0 Å². The Morgan fingerprint density at radius 3 is 3.11 bits per heavy atom.